The molecule has 1 N–H and O–H groups in total. The van der Waals surface area contributed by atoms with E-state index in [2.05, 4.69) is 9.71 Å². The van der Waals surface area contributed by atoms with E-state index in [1.165, 1.54) is 11.1 Å². The number of benzene rings is 1. The summed E-state index contributed by atoms with van der Waals surface area (Å²) in [5.41, 5.74) is -5.38. The summed E-state index contributed by atoms with van der Waals surface area (Å²) in [5.74, 6) is -5.54. The van der Waals surface area contributed by atoms with Crippen LogP contribution in [0.2, 0.25) is 0 Å². The van der Waals surface area contributed by atoms with E-state index in [1.807, 2.05) is 39.0 Å². The van der Waals surface area contributed by atoms with E-state index < -0.39 is 113 Å². The number of carbonyl (C=O) groups is 4. The predicted molar refractivity (Wildman–Crippen MR) is 212 cm³/mol. The van der Waals surface area contributed by atoms with E-state index in [1.54, 1.807) is 32.0 Å². The zero-order valence-corrected chi connectivity index (χ0v) is 33.4. The van der Waals surface area contributed by atoms with Crippen molar-refractivity contribution in [1.82, 2.24) is 14.6 Å². The van der Waals surface area contributed by atoms with Crippen LogP contribution in [0.5, 0.6) is 11.6 Å². The van der Waals surface area contributed by atoms with E-state index in [0.29, 0.717) is 43.2 Å². The van der Waals surface area contributed by atoms with Gasteiger partial charge in [-0.25, -0.2) is 13.4 Å². The summed E-state index contributed by atoms with van der Waals surface area (Å²) < 4.78 is 117. The molecule has 2 aliphatic carbocycles. The van der Waals surface area contributed by atoms with Gasteiger partial charge in [-0.2, -0.15) is 0 Å². The number of ether oxygens (including phenoxy) is 3. The Balaban J connectivity index is 1.38. The molecule has 2 amide bonds. The summed E-state index contributed by atoms with van der Waals surface area (Å²) in [5, 5.41) is 1.33. The third kappa shape index (κ3) is 9.24. The normalized spacial score (nSPS) is 33.1. The van der Waals surface area contributed by atoms with E-state index in [9.17, 15) is 22.8 Å². The summed E-state index contributed by atoms with van der Waals surface area (Å²) in [7, 11) is -4.08. The molecule has 56 heavy (non-hydrogen) atoms. The van der Waals surface area contributed by atoms with Gasteiger partial charge in [-0.3, -0.25) is 23.9 Å². The SMILES string of the molecule is [2H]C([2H])([2H])C(OC(=O)C[C@@H]1C(=O)N2C[C@H](Oc3nccc4cc(OC(C)C)ccc34)C[C@H]2C(=O)C[C@]2(C(=O)NS(=O)(=O)C3(C)CC3)C[C@H]2/C=C\CC[C@H](C)C[C@H]1C)(C([2H])([2H])[2H])C([2H])([2H])[2H]. The zero-order chi connectivity index (χ0) is 48.3. The number of hydrogen-bond donors (Lipinski definition) is 1. The molecule has 1 aromatic carbocycles. The van der Waals surface area contributed by atoms with Gasteiger partial charge in [0.25, 0.3) is 0 Å². The van der Waals surface area contributed by atoms with E-state index >= 15 is 4.79 Å². The topological polar surface area (TPSA) is 158 Å². The Morgan fingerprint density at radius 1 is 1.12 bits per heavy atom. The number of amides is 2. The number of carbonyl (C=O) groups excluding carboxylic acids is 4. The molecule has 3 heterocycles. The van der Waals surface area contributed by atoms with Crippen molar-refractivity contribution < 1.29 is 54.1 Å². The number of pyridine rings is 1. The number of esters is 1. The molecule has 0 unspecified atom stereocenters. The predicted octanol–water partition coefficient (Wildman–Crippen LogP) is 6.69. The van der Waals surface area contributed by atoms with Crippen molar-refractivity contribution in [3.63, 3.8) is 0 Å². The van der Waals surface area contributed by atoms with Gasteiger partial charge in [0.15, 0.2) is 5.78 Å². The molecule has 1 aromatic heterocycles. The van der Waals surface area contributed by atoms with Gasteiger partial charge in [0.1, 0.15) is 17.5 Å². The first-order valence-corrected chi connectivity index (χ1v) is 20.9. The molecule has 7 atom stereocenters. The maximum Gasteiger partial charge on any atom is 0.307 e. The van der Waals surface area contributed by atoms with Crippen molar-refractivity contribution in [2.24, 2.45) is 29.1 Å². The second-order valence-electron chi connectivity index (χ2n) is 16.9. The Kier molecular flexibility index (Phi) is 8.73. The fourth-order valence-electron chi connectivity index (χ4n) is 8.20. The molecule has 306 valence electrons. The van der Waals surface area contributed by atoms with Crippen LogP contribution in [0.15, 0.2) is 42.6 Å². The number of ketones is 1. The number of nitrogens with one attached hydrogen (secondary N) is 1. The quantitative estimate of drug-likeness (QED) is 0.214. The largest absolute Gasteiger partial charge is 0.491 e. The minimum atomic E-state index is -4.08. The second kappa shape index (κ2) is 15.7. The third-order valence-corrected chi connectivity index (χ3v) is 14.0. The van der Waals surface area contributed by atoms with Crippen LogP contribution in [0.3, 0.4) is 0 Å². The Morgan fingerprint density at radius 3 is 2.57 bits per heavy atom. The monoisotopic (exact) mass is 802 g/mol. The average Bonchev–Trinajstić information content (AvgIpc) is 4.05. The molecule has 4 aliphatic rings. The van der Waals surface area contributed by atoms with Crippen LogP contribution in [0.25, 0.3) is 10.8 Å². The lowest BCUT2D eigenvalue weighted by Gasteiger charge is -2.32. The van der Waals surface area contributed by atoms with Gasteiger partial charge in [-0.1, -0.05) is 26.0 Å². The molecule has 2 saturated carbocycles. The number of aromatic nitrogens is 1. The highest BCUT2D eigenvalue weighted by molar-refractivity contribution is 7.91. The lowest BCUT2D eigenvalue weighted by atomic mass is 9.82. The average molecular weight is 803 g/mol. The number of fused-ring (bicyclic) bond motifs is 3. The Hall–Kier alpha value is -4.00. The van der Waals surface area contributed by atoms with Crippen LogP contribution in [0.4, 0.5) is 0 Å². The number of sulfonamides is 1. The smallest absolute Gasteiger partial charge is 0.307 e. The molecular weight excluding hydrogens is 735 g/mol. The van der Waals surface area contributed by atoms with E-state index in [0.717, 1.165) is 5.39 Å². The van der Waals surface area contributed by atoms with Crippen LogP contribution in [-0.4, -0.2) is 77.0 Å². The van der Waals surface area contributed by atoms with Crippen molar-refractivity contribution in [3.05, 3.63) is 42.6 Å². The van der Waals surface area contributed by atoms with Crippen molar-refractivity contribution in [1.29, 1.82) is 0 Å². The molecule has 1 saturated heterocycles. The Labute approximate surface area is 344 Å². The summed E-state index contributed by atoms with van der Waals surface area (Å²) in [6.45, 7) is -2.86. The summed E-state index contributed by atoms with van der Waals surface area (Å²) in [6, 6.07) is 5.82. The lowest BCUT2D eigenvalue weighted by Crippen LogP contribution is -2.48. The highest BCUT2D eigenvalue weighted by atomic mass is 32.2. The van der Waals surface area contributed by atoms with E-state index in [-0.39, 0.29) is 37.3 Å². The number of nitrogens with zero attached hydrogens (tertiary/aromatic N) is 2. The van der Waals surface area contributed by atoms with Gasteiger partial charge in [0.2, 0.25) is 27.7 Å². The number of Topliss-reactive ketones (excluding diaryl/α,β-unsaturated/α-hetero) is 1. The molecule has 0 bridgehead atoms. The minimum absolute atomic E-state index is 0.0915. The maximum atomic E-state index is 15.1. The molecule has 12 nitrogen and oxygen atoms in total. The lowest BCUT2D eigenvalue weighted by molar-refractivity contribution is -0.160. The maximum absolute atomic E-state index is 15.1. The molecule has 13 heteroatoms. The van der Waals surface area contributed by atoms with Crippen LogP contribution >= 0.6 is 0 Å². The molecule has 2 aromatic rings. The highest BCUT2D eigenvalue weighted by Crippen LogP contribution is 2.57. The number of rotatable bonds is 9. The van der Waals surface area contributed by atoms with Gasteiger partial charge < -0.3 is 19.1 Å². The summed E-state index contributed by atoms with van der Waals surface area (Å²) >= 11 is 0. The molecule has 6 rings (SSSR count). The first-order chi connectivity index (χ1) is 29.9. The number of hydrogen-bond acceptors (Lipinski definition) is 10. The van der Waals surface area contributed by atoms with Gasteiger partial charge in [0.05, 0.1) is 41.2 Å². The molecular formula is C43H59N3O9S. The van der Waals surface area contributed by atoms with Crippen molar-refractivity contribution in [2.45, 2.75) is 142 Å². The fourth-order valence-corrected chi connectivity index (χ4v) is 9.54. The highest BCUT2D eigenvalue weighted by Gasteiger charge is 2.62. The Morgan fingerprint density at radius 2 is 1.88 bits per heavy atom. The standard InChI is InChI=1S/C43H59N3O9S/c1-26(2)53-31-13-14-33-29(20-31)15-18-44-38(33)54-32-21-35-36(47)24-43(40(50)45-56(51,52)42(8)16-17-42)23-30(43)12-10-9-11-27(3)19-28(4)34(39(49)46(35)25-32)22-37(48)55-41(5,6)7/h10,12-15,18,20,26-28,30,32,34-35H,9,11,16-17,19,21-25H2,1-8H3,(H,45,50)/b12-10-/t27-,28+,30+,32+,34-,35-,43+/m0/s1/i5D3,6D3,7D3. The van der Waals surface area contributed by atoms with E-state index in [4.69, 9.17) is 26.5 Å². The fraction of sp³-hybridized carbons (Fsp3) is 0.651. The molecule has 0 spiro atoms. The van der Waals surface area contributed by atoms with Gasteiger partial charge in [-0.05, 0) is 127 Å². The molecule has 0 radical (unpaired) electrons. The van der Waals surface area contributed by atoms with Crippen molar-refractivity contribution in [2.75, 3.05) is 6.54 Å². The third-order valence-electron chi connectivity index (χ3n) is 11.8. The van der Waals surface area contributed by atoms with Gasteiger partial charge in [-0.15, -0.1) is 0 Å². The zero-order valence-electron chi connectivity index (χ0n) is 41.6. The second-order valence-corrected chi connectivity index (χ2v) is 19.1. The van der Waals surface area contributed by atoms with Gasteiger partial charge >= 0.3 is 5.97 Å². The summed E-state index contributed by atoms with van der Waals surface area (Å²) in [6.07, 6.45) is 5.12. The van der Waals surface area contributed by atoms with Crippen LogP contribution in [-0.2, 0) is 33.9 Å². The summed E-state index contributed by atoms with van der Waals surface area (Å²) in [4.78, 5) is 63.6. The van der Waals surface area contributed by atoms with Crippen LogP contribution in [0, 0.1) is 29.1 Å². The molecule has 3 fully saturated rings. The van der Waals surface area contributed by atoms with Crippen molar-refractivity contribution >= 4 is 44.4 Å². The first-order valence-electron chi connectivity index (χ1n) is 24.0. The Bertz CT molecular complexity index is 2280. The first kappa shape index (κ1) is 31.0. The van der Waals surface area contributed by atoms with Crippen molar-refractivity contribution in [3.8, 4) is 11.6 Å². The van der Waals surface area contributed by atoms with Crippen LogP contribution in [0.1, 0.15) is 125 Å². The number of allylic oxidation sites excluding steroid dienone is 2. The minimum Gasteiger partial charge on any atom is -0.491 e. The van der Waals surface area contributed by atoms with Crippen LogP contribution < -0.4 is 14.2 Å². The molecule has 2 aliphatic heterocycles. The van der Waals surface area contributed by atoms with Gasteiger partial charge in [0, 0.05) is 36.8 Å².